The Morgan fingerprint density at radius 1 is 1.11 bits per heavy atom. The van der Waals surface area contributed by atoms with Gasteiger partial charge in [-0.15, -0.1) is 0 Å². The first kappa shape index (κ1) is 17.3. The summed E-state index contributed by atoms with van der Waals surface area (Å²) in [6, 6.07) is 16.3. The number of morpholine rings is 1. The fourth-order valence-corrected chi connectivity index (χ4v) is 4.75. The second-order valence-corrected chi connectivity index (χ2v) is 7.72. The zero-order valence-corrected chi connectivity index (χ0v) is 15.3. The number of ether oxygens (including phenoxy) is 2. The van der Waals surface area contributed by atoms with Crippen molar-refractivity contribution in [3.63, 3.8) is 0 Å². The Bertz CT molecular complexity index is 902. The first-order chi connectivity index (χ1) is 13.6. The van der Waals surface area contributed by atoms with E-state index in [2.05, 4.69) is 24.3 Å². The van der Waals surface area contributed by atoms with Crippen LogP contribution in [0.3, 0.4) is 0 Å². The molecule has 6 heteroatoms. The van der Waals surface area contributed by atoms with Gasteiger partial charge in [0.1, 0.15) is 6.61 Å². The van der Waals surface area contributed by atoms with E-state index >= 15 is 0 Å². The Morgan fingerprint density at radius 3 is 2.32 bits per heavy atom. The van der Waals surface area contributed by atoms with Crippen molar-refractivity contribution in [1.29, 1.82) is 0 Å². The molecule has 3 fully saturated rings. The molecule has 0 spiro atoms. The SMILES string of the molecule is O=C(OCC1c2ccccc2-c2ccccc21)N1CC2CCC1(C(=O)O)CO2. The second-order valence-electron chi connectivity index (χ2n) is 7.72. The standard InChI is InChI=1S/C22H21NO5/c24-20(25)22-10-9-14(28-13-22)11-23(22)21(26)27-12-19-17-7-3-1-5-15(17)16-6-2-4-8-18(16)19/h1-8,14,19H,9-13H2,(H,24,25). The van der Waals surface area contributed by atoms with E-state index in [0.717, 1.165) is 22.3 Å². The predicted octanol–water partition coefficient (Wildman–Crippen LogP) is 3.25. The van der Waals surface area contributed by atoms with Crippen LogP contribution in [-0.2, 0) is 14.3 Å². The zero-order valence-electron chi connectivity index (χ0n) is 15.3. The highest BCUT2D eigenvalue weighted by Gasteiger charge is 2.55. The van der Waals surface area contributed by atoms with Crippen LogP contribution in [0.15, 0.2) is 48.5 Å². The van der Waals surface area contributed by atoms with E-state index < -0.39 is 17.6 Å². The third-order valence-electron chi connectivity index (χ3n) is 6.30. The van der Waals surface area contributed by atoms with E-state index in [1.165, 1.54) is 4.90 Å². The normalized spacial score (nSPS) is 25.3. The summed E-state index contributed by atoms with van der Waals surface area (Å²) < 4.78 is 11.2. The topological polar surface area (TPSA) is 76.1 Å². The molecular formula is C22H21NO5. The first-order valence-corrected chi connectivity index (χ1v) is 9.58. The largest absolute Gasteiger partial charge is 0.479 e. The summed E-state index contributed by atoms with van der Waals surface area (Å²) >= 11 is 0. The lowest BCUT2D eigenvalue weighted by molar-refractivity contribution is -0.183. The number of carbonyl (C=O) groups is 2. The van der Waals surface area contributed by atoms with E-state index in [9.17, 15) is 14.7 Å². The van der Waals surface area contributed by atoms with Gasteiger partial charge in [0.15, 0.2) is 5.54 Å². The highest BCUT2D eigenvalue weighted by molar-refractivity contribution is 5.85. The first-order valence-electron chi connectivity index (χ1n) is 9.58. The van der Waals surface area contributed by atoms with Crippen molar-refractivity contribution < 1.29 is 24.2 Å². The van der Waals surface area contributed by atoms with Gasteiger partial charge < -0.3 is 14.6 Å². The number of carboxylic acid groups (broad SMARTS) is 1. The van der Waals surface area contributed by atoms with Crippen LogP contribution < -0.4 is 0 Å². The smallest absolute Gasteiger partial charge is 0.410 e. The molecule has 1 N–H and O–H groups in total. The molecule has 2 bridgehead atoms. The Kier molecular flexibility index (Phi) is 3.91. The number of rotatable bonds is 3. The zero-order chi connectivity index (χ0) is 19.3. The molecule has 3 heterocycles. The average molecular weight is 379 g/mol. The van der Waals surface area contributed by atoms with Gasteiger partial charge in [0, 0.05) is 5.92 Å². The Balaban J connectivity index is 1.38. The molecule has 1 amide bonds. The Hall–Kier alpha value is -2.86. The average Bonchev–Trinajstić information content (AvgIpc) is 3.06. The lowest BCUT2D eigenvalue weighted by Gasteiger charge is -2.50. The van der Waals surface area contributed by atoms with Crippen LogP contribution in [-0.4, -0.2) is 53.5 Å². The minimum absolute atomic E-state index is 0.0250. The number of carbonyl (C=O) groups excluding carboxylic acids is 1. The molecule has 2 atom stereocenters. The van der Waals surface area contributed by atoms with Crippen LogP contribution in [0.25, 0.3) is 11.1 Å². The molecular weight excluding hydrogens is 358 g/mol. The minimum Gasteiger partial charge on any atom is -0.479 e. The lowest BCUT2D eigenvalue weighted by Crippen LogP contribution is -2.69. The summed E-state index contributed by atoms with van der Waals surface area (Å²) in [5.41, 5.74) is 3.27. The number of hydrogen-bond acceptors (Lipinski definition) is 4. The molecule has 0 radical (unpaired) electrons. The number of amides is 1. The van der Waals surface area contributed by atoms with Crippen molar-refractivity contribution in [3.05, 3.63) is 59.7 Å². The van der Waals surface area contributed by atoms with E-state index in [4.69, 9.17) is 9.47 Å². The van der Waals surface area contributed by atoms with E-state index in [1.54, 1.807) is 0 Å². The highest BCUT2D eigenvalue weighted by Crippen LogP contribution is 2.45. The maximum Gasteiger partial charge on any atom is 0.410 e. The van der Waals surface area contributed by atoms with Gasteiger partial charge in [0.25, 0.3) is 0 Å². The quantitative estimate of drug-likeness (QED) is 0.886. The van der Waals surface area contributed by atoms with Crippen LogP contribution in [0.1, 0.15) is 29.9 Å². The van der Waals surface area contributed by atoms with Crippen LogP contribution in [0, 0.1) is 0 Å². The number of nitrogens with zero attached hydrogens (tertiary/aromatic N) is 1. The third-order valence-corrected chi connectivity index (χ3v) is 6.30. The molecule has 144 valence electrons. The van der Waals surface area contributed by atoms with Gasteiger partial charge in [-0.2, -0.15) is 0 Å². The number of carboxylic acids is 1. The van der Waals surface area contributed by atoms with Crippen LogP contribution in [0.2, 0.25) is 0 Å². The van der Waals surface area contributed by atoms with Crippen molar-refractivity contribution in [2.45, 2.75) is 30.4 Å². The fourth-order valence-electron chi connectivity index (χ4n) is 4.75. The summed E-state index contributed by atoms with van der Waals surface area (Å²) in [6.45, 7) is 0.477. The van der Waals surface area contributed by atoms with Crippen molar-refractivity contribution in [2.24, 2.45) is 0 Å². The number of fused-ring (bicyclic) bond motifs is 6. The molecule has 3 saturated heterocycles. The molecule has 0 aromatic heterocycles. The van der Waals surface area contributed by atoms with E-state index in [1.807, 2.05) is 24.3 Å². The van der Waals surface area contributed by atoms with Crippen LogP contribution in [0.5, 0.6) is 0 Å². The van der Waals surface area contributed by atoms with Gasteiger partial charge in [-0.05, 0) is 35.1 Å². The van der Waals surface area contributed by atoms with Crippen LogP contribution >= 0.6 is 0 Å². The molecule has 3 aliphatic heterocycles. The van der Waals surface area contributed by atoms with Crippen molar-refractivity contribution in [1.82, 2.24) is 4.90 Å². The van der Waals surface area contributed by atoms with Crippen molar-refractivity contribution >= 4 is 12.1 Å². The minimum atomic E-state index is -1.31. The Labute approximate surface area is 162 Å². The maximum absolute atomic E-state index is 12.9. The molecule has 6 nitrogen and oxygen atoms in total. The predicted molar refractivity (Wildman–Crippen MR) is 101 cm³/mol. The third kappa shape index (κ3) is 2.44. The number of piperidine rings is 1. The Morgan fingerprint density at radius 2 is 1.75 bits per heavy atom. The number of aliphatic carboxylic acids is 1. The molecule has 0 saturated carbocycles. The molecule has 28 heavy (non-hydrogen) atoms. The van der Waals surface area contributed by atoms with Gasteiger partial charge in [0.05, 0.1) is 19.3 Å². The fraction of sp³-hybridized carbons (Fsp3) is 0.364. The molecule has 1 aliphatic carbocycles. The molecule has 2 unspecified atom stereocenters. The number of hydrogen-bond donors (Lipinski definition) is 1. The molecule has 2 aromatic rings. The second kappa shape index (κ2) is 6.34. The lowest BCUT2D eigenvalue weighted by atomic mass is 9.83. The van der Waals surface area contributed by atoms with Gasteiger partial charge in [-0.1, -0.05) is 48.5 Å². The van der Waals surface area contributed by atoms with Gasteiger partial charge >= 0.3 is 12.1 Å². The summed E-state index contributed by atoms with van der Waals surface area (Å²) in [5, 5.41) is 9.74. The number of benzene rings is 2. The summed E-state index contributed by atoms with van der Waals surface area (Å²) in [6.07, 6.45) is 0.371. The van der Waals surface area contributed by atoms with Gasteiger partial charge in [-0.25, -0.2) is 9.59 Å². The summed E-state index contributed by atoms with van der Waals surface area (Å²) in [7, 11) is 0. The van der Waals surface area contributed by atoms with Crippen molar-refractivity contribution in [3.8, 4) is 11.1 Å². The van der Waals surface area contributed by atoms with Crippen molar-refractivity contribution in [2.75, 3.05) is 19.8 Å². The molecule has 2 aromatic carbocycles. The summed E-state index contributed by atoms with van der Waals surface area (Å²) in [4.78, 5) is 26.1. The van der Waals surface area contributed by atoms with E-state index in [-0.39, 0.29) is 31.8 Å². The highest BCUT2D eigenvalue weighted by atomic mass is 16.6. The van der Waals surface area contributed by atoms with E-state index in [0.29, 0.717) is 12.8 Å². The van der Waals surface area contributed by atoms with Gasteiger partial charge in [0.2, 0.25) is 0 Å². The maximum atomic E-state index is 12.9. The monoisotopic (exact) mass is 379 g/mol. The van der Waals surface area contributed by atoms with Crippen LogP contribution in [0.4, 0.5) is 4.79 Å². The van der Waals surface area contributed by atoms with Gasteiger partial charge in [-0.3, -0.25) is 4.90 Å². The molecule has 6 rings (SSSR count). The molecule has 4 aliphatic rings. The summed E-state index contributed by atoms with van der Waals surface area (Å²) in [5.74, 6) is -1.07.